The van der Waals surface area contributed by atoms with Crippen LogP contribution >= 0.6 is 0 Å². The van der Waals surface area contributed by atoms with Crippen LogP contribution < -0.4 is 5.32 Å². The van der Waals surface area contributed by atoms with Gasteiger partial charge in [0.15, 0.2) is 0 Å². The smallest absolute Gasteiger partial charge is 0.239 e. The SMILES string of the molecule is CCC(NC(C)C(=O)N1CCCCC1)c1ccccc1O. The molecule has 1 aliphatic rings. The summed E-state index contributed by atoms with van der Waals surface area (Å²) in [5.74, 6) is 0.457. The van der Waals surface area contributed by atoms with E-state index in [0.29, 0.717) is 0 Å². The van der Waals surface area contributed by atoms with Crippen LogP contribution in [0.2, 0.25) is 0 Å². The number of rotatable bonds is 5. The van der Waals surface area contributed by atoms with Crippen molar-refractivity contribution in [1.29, 1.82) is 0 Å². The maximum atomic E-state index is 12.5. The predicted molar refractivity (Wildman–Crippen MR) is 84.2 cm³/mol. The van der Waals surface area contributed by atoms with E-state index in [1.54, 1.807) is 6.07 Å². The number of carbonyl (C=O) groups is 1. The number of nitrogens with zero attached hydrogens (tertiary/aromatic N) is 1. The summed E-state index contributed by atoms with van der Waals surface area (Å²) in [7, 11) is 0. The summed E-state index contributed by atoms with van der Waals surface area (Å²) in [5.41, 5.74) is 0.860. The molecule has 21 heavy (non-hydrogen) atoms. The Morgan fingerprint density at radius 2 is 1.95 bits per heavy atom. The summed E-state index contributed by atoms with van der Waals surface area (Å²) in [4.78, 5) is 14.4. The number of hydrogen-bond donors (Lipinski definition) is 2. The lowest BCUT2D eigenvalue weighted by Gasteiger charge is -2.31. The summed E-state index contributed by atoms with van der Waals surface area (Å²) in [6.45, 7) is 5.72. The third kappa shape index (κ3) is 3.97. The fraction of sp³-hybridized carbons (Fsp3) is 0.588. The van der Waals surface area contributed by atoms with Crippen LogP contribution in [0.15, 0.2) is 24.3 Å². The Morgan fingerprint density at radius 3 is 2.57 bits per heavy atom. The van der Waals surface area contributed by atoms with E-state index in [-0.39, 0.29) is 23.7 Å². The maximum absolute atomic E-state index is 12.5. The summed E-state index contributed by atoms with van der Waals surface area (Å²) < 4.78 is 0. The average molecular weight is 290 g/mol. The average Bonchev–Trinajstić information content (AvgIpc) is 2.53. The van der Waals surface area contributed by atoms with E-state index in [0.717, 1.165) is 37.9 Å². The zero-order chi connectivity index (χ0) is 15.2. The monoisotopic (exact) mass is 290 g/mol. The summed E-state index contributed by atoms with van der Waals surface area (Å²) in [6, 6.07) is 7.10. The zero-order valence-electron chi connectivity index (χ0n) is 13.0. The highest BCUT2D eigenvalue weighted by Crippen LogP contribution is 2.26. The Bertz CT molecular complexity index is 470. The van der Waals surface area contributed by atoms with Crippen molar-refractivity contribution in [2.24, 2.45) is 0 Å². The van der Waals surface area contributed by atoms with E-state index in [9.17, 15) is 9.90 Å². The third-order valence-electron chi connectivity index (χ3n) is 4.21. The number of phenolic OH excluding ortho intramolecular Hbond substituents is 1. The van der Waals surface area contributed by atoms with E-state index in [1.807, 2.05) is 30.0 Å². The molecule has 4 nitrogen and oxygen atoms in total. The lowest BCUT2D eigenvalue weighted by atomic mass is 10.0. The third-order valence-corrected chi connectivity index (χ3v) is 4.21. The van der Waals surface area contributed by atoms with Gasteiger partial charge < -0.3 is 10.0 Å². The van der Waals surface area contributed by atoms with Crippen LogP contribution in [0.3, 0.4) is 0 Å². The van der Waals surface area contributed by atoms with Gasteiger partial charge in [-0.15, -0.1) is 0 Å². The van der Waals surface area contributed by atoms with Gasteiger partial charge in [-0.2, -0.15) is 0 Å². The van der Waals surface area contributed by atoms with E-state index in [4.69, 9.17) is 0 Å². The van der Waals surface area contributed by atoms with Gasteiger partial charge in [-0.1, -0.05) is 25.1 Å². The second-order valence-corrected chi connectivity index (χ2v) is 5.79. The van der Waals surface area contributed by atoms with Gasteiger partial charge in [-0.3, -0.25) is 10.1 Å². The summed E-state index contributed by atoms with van der Waals surface area (Å²) >= 11 is 0. The Hall–Kier alpha value is -1.55. The molecule has 1 fully saturated rings. The number of aromatic hydroxyl groups is 1. The summed E-state index contributed by atoms with van der Waals surface area (Å²) in [5, 5.41) is 13.3. The van der Waals surface area contributed by atoms with Crippen molar-refractivity contribution in [3.05, 3.63) is 29.8 Å². The summed E-state index contributed by atoms with van der Waals surface area (Å²) in [6.07, 6.45) is 4.26. The molecule has 116 valence electrons. The minimum Gasteiger partial charge on any atom is -0.508 e. The van der Waals surface area contributed by atoms with E-state index in [2.05, 4.69) is 12.2 Å². The molecule has 0 bridgehead atoms. The Balaban J connectivity index is 2.00. The van der Waals surface area contributed by atoms with Crippen LogP contribution in [0, 0.1) is 0 Å². The molecule has 2 N–H and O–H groups in total. The largest absolute Gasteiger partial charge is 0.508 e. The second kappa shape index (κ2) is 7.46. The number of amides is 1. The van der Waals surface area contributed by atoms with Crippen LogP contribution in [-0.4, -0.2) is 35.0 Å². The normalized spacial score (nSPS) is 18.3. The zero-order valence-corrected chi connectivity index (χ0v) is 13.0. The van der Waals surface area contributed by atoms with Gasteiger partial charge in [0.25, 0.3) is 0 Å². The molecule has 0 aromatic heterocycles. The lowest BCUT2D eigenvalue weighted by molar-refractivity contribution is -0.134. The van der Waals surface area contributed by atoms with E-state index < -0.39 is 0 Å². The Kier molecular flexibility index (Phi) is 5.62. The minimum absolute atomic E-state index is 0.00468. The molecule has 1 heterocycles. The topological polar surface area (TPSA) is 52.6 Å². The molecule has 0 aliphatic carbocycles. The minimum atomic E-state index is -0.229. The predicted octanol–water partition coefficient (Wildman–Crippen LogP) is 2.83. The van der Waals surface area contributed by atoms with Crippen LogP contribution in [-0.2, 0) is 4.79 Å². The van der Waals surface area contributed by atoms with Crippen LogP contribution in [0.4, 0.5) is 0 Å². The molecular formula is C17H26N2O2. The molecule has 2 rings (SSSR count). The van der Waals surface area contributed by atoms with Crippen LogP contribution in [0.1, 0.15) is 51.1 Å². The molecule has 2 unspecified atom stereocenters. The number of piperidine rings is 1. The molecule has 1 aromatic rings. The first-order valence-electron chi connectivity index (χ1n) is 7.96. The van der Waals surface area contributed by atoms with E-state index >= 15 is 0 Å². The van der Waals surface area contributed by atoms with Crippen molar-refractivity contribution in [3.63, 3.8) is 0 Å². The second-order valence-electron chi connectivity index (χ2n) is 5.79. The number of likely N-dealkylation sites (tertiary alicyclic amines) is 1. The molecule has 0 spiro atoms. The van der Waals surface area contributed by atoms with Crippen molar-refractivity contribution >= 4 is 5.91 Å². The first kappa shape index (κ1) is 15.8. The molecule has 1 aliphatic heterocycles. The lowest BCUT2D eigenvalue weighted by Crippen LogP contribution is -2.47. The quantitative estimate of drug-likeness (QED) is 0.876. The van der Waals surface area contributed by atoms with Crippen LogP contribution in [0.5, 0.6) is 5.75 Å². The Labute approximate surface area is 127 Å². The molecular weight excluding hydrogens is 264 g/mol. The Morgan fingerprint density at radius 1 is 1.29 bits per heavy atom. The van der Waals surface area contributed by atoms with Crippen molar-refractivity contribution in [3.8, 4) is 5.75 Å². The highest BCUT2D eigenvalue weighted by Gasteiger charge is 2.24. The molecule has 1 aromatic carbocycles. The van der Waals surface area contributed by atoms with Gasteiger partial charge in [0.1, 0.15) is 5.75 Å². The van der Waals surface area contributed by atoms with Gasteiger partial charge in [-0.05, 0) is 38.7 Å². The van der Waals surface area contributed by atoms with Gasteiger partial charge in [-0.25, -0.2) is 0 Å². The number of hydrogen-bond acceptors (Lipinski definition) is 3. The number of phenols is 1. The van der Waals surface area contributed by atoms with Gasteiger partial charge in [0, 0.05) is 24.7 Å². The van der Waals surface area contributed by atoms with Crippen molar-refractivity contribution in [2.45, 2.75) is 51.6 Å². The number of para-hydroxylation sites is 1. The fourth-order valence-electron chi connectivity index (χ4n) is 2.97. The van der Waals surface area contributed by atoms with E-state index in [1.165, 1.54) is 6.42 Å². The number of nitrogens with one attached hydrogen (secondary N) is 1. The fourth-order valence-corrected chi connectivity index (χ4v) is 2.97. The van der Waals surface area contributed by atoms with Crippen molar-refractivity contribution < 1.29 is 9.90 Å². The highest BCUT2D eigenvalue weighted by molar-refractivity contribution is 5.81. The molecule has 4 heteroatoms. The van der Waals surface area contributed by atoms with Gasteiger partial charge >= 0.3 is 0 Å². The van der Waals surface area contributed by atoms with Gasteiger partial charge in [0.05, 0.1) is 6.04 Å². The molecule has 0 radical (unpaired) electrons. The molecule has 1 saturated heterocycles. The molecule has 2 atom stereocenters. The first-order chi connectivity index (χ1) is 10.1. The standard InChI is InChI=1S/C17H26N2O2/c1-3-15(14-9-5-6-10-16(14)20)18-13(2)17(21)19-11-7-4-8-12-19/h5-6,9-10,13,15,18,20H,3-4,7-8,11-12H2,1-2H3. The van der Waals surface area contributed by atoms with Crippen molar-refractivity contribution in [2.75, 3.05) is 13.1 Å². The molecule has 0 saturated carbocycles. The first-order valence-corrected chi connectivity index (χ1v) is 7.96. The molecule has 1 amide bonds. The highest BCUT2D eigenvalue weighted by atomic mass is 16.3. The van der Waals surface area contributed by atoms with Crippen molar-refractivity contribution in [1.82, 2.24) is 10.2 Å². The number of benzene rings is 1. The maximum Gasteiger partial charge on any atom is 0.239 e. The van der Waals surface area contributed by atoms with Crippen LogP contribution in [0.25, 0.3) is 0 Å². The number of carbonyl (C=O) groups excluding carboxylic acids is 1. The van der Waals surface area contributed by atoms with Gasteiger partial charge in [0.2, 0.25) is 5.91 Å².